The largest absolute Gasteiger partial charge is 0.336 e. The summed E-state index contributed by atoms with van der Waals surface area (Å²) in [6.45, 7) is 2.59. The Kier molecular flexibility index (Phi) is 0.778. The van der Waals surface area contributed by atoms with E-state index in [1.54, 1.807) is 0 Å². The van der Waals surface area contributed by atoms with Crippen LogP contribution in [0, 0.1) is 0 Å². The zero-order valence-corrected chi connectivity index (χ0v) is 5.03. The van der Waals surface area contributed by atoms with Crippen LogP contribution in [0.2, 0.25) is 0 Å². The number of hydrogen-bond donors (Lipinski definition) is 3. The molecule has 0 aromatic carbocycles. The highest BCUT2D eigenvalue weighted by atomic mass is 16.2. The van der Waals surface area contributed by atoms with E-state index in [-0.39, 0.29) is 11.6 Å². The lowest BCUT2D eigenvalue weighted by Crippen LogP contribution is -2.67. The highest BCUT2D eigenvalue weighted by Gasteiger charge is 2.42. The molecule has 0 unspecified atom stereocenters. The van der Waals surface area contributed by atoms with Crippen LogP contribution in [-0.4, -0.2) is 31.2 Å². The highest BCUT2D eigenvalue weighted by molar-refractivity contribution is 5.78. The average molecular weight is 127 g/mol. The minimum Gasteiger partial charge on any atom is -0.336 e. The van der Waals surface area contributed by atoms with Crippen LogP contribution in [0.1, 0.15) is 0 Å². The lowest BCUT2D eigenvalue weighted by atomic mass is 9.94. The van der Waals surface area contributed by atoms with Gasteiger partial charge in [-0.2, -0.15) is 0 Å². The molecule has 50 valence electrons. The van der Waals surface area contributed by atoms with Crippen molar-refractivity contribution in [3.63, 3.8) is 0 Å². The maximum atomic E-state index is 10.6. The molecule has 3 N–H and O–H groups in total. The van der Waals surface area contributed by atoms with E-state index in [0.29, 0.717) is 0 Å². The van der Waals surface area contributed by atoms with Crippen molar-refractivity contribution in [3.8, 4) is 0 Å². The summed E-state index contributed by atoms with van der Waals surface area (Å²) in [5.74, 6) is 0. The van der Waals surface area contributed by atoms with E-state index in [1.165, 1.54) is 0 Å². The van der Waals surface area contributed by atoms with Crippen LogP contribution in [0.25, 0.3) is 0 Å². The average Bonchev–Trinajstić information content (AvgIpc) is 2.09. The van der Waals surface area contributed by atoms with Gasteiger partial charge in [-0.05, 0) is 0 Å². The van der Waals surface area contributed by atoms with Crippen molar-refractivity contribution in [1.29, 1.82) is 0 Å². The predicted molar refractivity (Wildman–Crippen MR) is 32.1 cm³/mol. The van der Waals surface area contributed by atoms with Gasteiger partial charge in [0.2, 0.25) is 0 Å². The second-order valence-corrected chi connectivity index (χ2v) is 2.69. The molecule has 2 rings (SSSR count). The van der Waals surface area contributed by atoms with Gasteiger partial charge in [0.05, 0.1) is 5.54 Å². The number of nitrogens with one attached hydrogen (secondary N) is 3. The first kappa shape index (κ1) is 5.05. The van der Waals surface area contributed by atoms with Gasteiger partial charge < -0.3 is 16.0 Å². The van der Waals surface area contributed by atoms with Crippen LogP contribution in [0.4, 0.5) is 4.79 Å². The Hall–Kier alpha value is -0.770. The molecule has 9 heavy (non-hydrogen) atoms. The van der Waals surface area contributed by atoms with Crippen LogP contribution < -0.4 is 16.0 Å². The van der Waals surface area contributed by atoms with Crippen molar-refractivity contribution in [1.82, 2.24) is 16.0 Å². The van der Waals surface area contributed by atoms with E-state index in [4.69, 9.17) is 0 Å². The third-order valence-electron chi connectivity index (χ3n) is 1.89. The summed E-state index contributed by atoms with van der Waals surface area (Å²) in [6, 6.07) is -0.0310. The van der Waals surface area contributed by atoms with Crippen molar-refractivity contribution < 1.29 is 4.79 Å². The Morgan fingerprint density at radius 1 is 1.33 bits per heavy atom. The first-order valence-corrected chi connectivity index (χ1v) is 3.08. The highest BCUT2D eigenvalue weighted by Crippen LogP contribution is 2.12. The molecule has 4 nitrogen and oxygen atoms in total. The topological polar surface area (TPSA) is 53.2 Å². The van der Waals surface area contributed by atoms with Crippen molar-refractivity contribution in [2.75, 3.05) is 19.6 Å². The molecule has 0 aromatic rings. The number of hydrogen-bond acceptors (Lipinski definition) is 2. The monoisotopic (exact) mass is 127 g/mol. The van der Waals surface area contributed by atoms with Gasteiger partial charge in [-0.25, -0.2) is 4.79 Å². The maximum Gasteiger partial charge on any atom is 0.315 e. The fraction of sp³-hybridized carbons (Fsp3) is 0.800. The summed E-state index contributed by atoms with van der Waals surface area (Å²) in [6.07, 6.45) is 0. The molecule has 2 aliphatic rings. The molecule has 2 heterocycles. The molecule has 2 aliphatic heterocycles. The van der Waals surface area contributed by atoms with E-state index in [1.807, 2.05) is 0 Å². The van der Waals surface area contributed by atoms with Crippen LogP contribution >= 0.6 is 0 Å². The van der Waals surface area contributed by atoms with Crippen molar-refractivity contribution in [3.05, 3.63) is 0 Å². The lowest BCUT2D eigenvalue weighted by molar-refractivity contribution is 0.232. The smallest absolute Gasteiger partial charge is 0.315 e. The molecule has 4 heteroatoms. The van der Waals surface area contributed by atoms with E-state index in [9.17, 15) is 4.79 Å². The molecular formula is C5H9N3O. The zero-order valence-electron chi connectivity index (χ0n) is 5.03. The van der Waals surface area contributed by atoms with Crippen molar-refractivity contribution >= 4 is 6.03 Å². The summed E-state index contributed by atoms with van der Waals surface area (Å²) in [5.41, 5.74) is 0.0666. The number of rotatable bonds is 0. The molecule has 0 saturated carbocycles. The molecule has 2 fully saturated rings. The van der Waals surface area contributed by atoms with Gasteiger partial charge in [0.15, 0.2) is 0 Å². The number of carbonyl (C=O) groups excluding carboxylic acids is 1. The Bertz CT molecular complexity index is 152. The summed E-state index contributed by atoms with van der Waals surface area (Å²) >= 11 is 0. The number of urea groups is 1. The van der Waals surface area contributed by atoms with Gasteiger partial charge >= 0.3 is 6.03 Å². The molecule has 1 spiro atoms. The van der Waals surface area contributed by atoms with E-state index >= 15 is 0 Å². The van der Waals surface area contributed by atoms with Crippen molar-refractivity contribution in [2.24, 2.45) is 0 Å². The summed E-state index contributed by atoms with van der Waals surface area (Å²) in [5, 5.41) is 8.69. The van der Waals surface area contributed by atoms with Gasteiger partial charge in [0, 0.05) is 19.6 Å². The van der Waals surface area contributed by atoms with Crippen molar-refractivity contribution in [2.45, 2.75) is 5.54 Å². The standard InChI is InChI=1S/C5H9N3O/c9-4-7-3-5(8-4)1-6-2-5/h6H,1-3H2,(H2,7,8,9). The summed E-state index contributed by atoms with van der Waals surface area (Å²) < 4.78 is 0. The Labute approximate surface area is 53.0 Å². The quantitative estimate of drug-likeness (QED) is 0.376. The fourth-order valence-corrected chi connectivity index (χ4v) is 1.22. The Morgan fingerprint density at radius 3 is 2.33 bits per heavy atom. The molecule has 2 amide bonds. The van der Waals surface area contributed by atoms with Gasteiger partial charge in [-0.15, -0.1) is 0 Å². The summed E-state index contributed by atoms with van der Waals surface area (Å²) in [7, 11) is 0. The molecule has 2 saturated heterocycles. The fourth-order valence-electron chi connectivity index (χ4n) is 1.22. The first-order valence-electron chi connectivity index (χ1n) is 3.08. The summed E-state index contributed by atoms with van der Waals surface area (Å²) in [4.78, 5) is 10.6. The van der Waals surface area contributed by atoms with Gasteiger partial charge in [0.25, 0.3) is 0 Å². The van der Waals surface area contributed by atoms with Gasteiger partial charge in [0.1, 0.15) is 0 Å². The molecule has 0 atom stereocenters. The Balaban J connectivity index is 2.07. The van der Waals surface area contributed by atoms with E-state index in [0.717, 1.165) is 19.6 Å². The van der Waals surface area contributed by atoms with Gasteiger partial charge in [-0.3, -0.25) is 0 Å². The molecule has 0 bridgehead atoms. The van der Waals surface area contributed by atoms with Crippen LogP contribution in [0.15, 0.2) is 0 Å². The first-order chi connectivity index (χ1) is 4.31. The Morgan fingerprint density at radius 2 is 2.11 bits per heavy atom. The van der Waals surface area contributed by atoms with Crippen LogP contribution in [0.3, 0.4) is 0 Å². The second kappa shape index (κ2) is 1.39. The third-order valence-corrected chi connectivity index (χ3v) is 1.89. The number of carbonyl (C=O) groups is 1. The SMILES string of the molecule is O=C1NCC2(CNC2)N1. The molecule has 0 aromatic heterocycles. The predicted octanol–water partition coefficient (Wildman–Crippen LogP) is -1.36. The third kappa shape index (κ3) is 0.595. The van der Waals surface area contributed by atoms with Gasteiger partial charge in [-0.1, -0.05) is 0 Å². The number of amides is 2. The second-order valence-electron chi connectivity index (χ2n) is 2.69. The maximum absolute atomic E-state index is 10.6. The minimum atomic E-state index is -0.0310. The normalized spacial score (nSPS) is 29.1. The lowest BCUT2D eigenvalue weighted by Gasteiger charge is -2.37. The van der Waals surface area contributed by atoms with E-state index < -0.39 is 0 Å². The van der Waals surface area contributed by atoms with E-state index in [2.05, 4.69) is 16.0 Å². The molecule has 0 aliphatic carbocycles. The molecule has 0 radical (unpaired) electrons. The van der Waals surface area contributed by atoms with Crippen LogP contribution in [0.5, 0.6) is 0 Å². The minimum absolute atomic E-state index is 0.0310. The zero-order chi connectivity index (χ0) is 6.32. The van der Waals surface area contributed by atoms with Crippen LogP contribution in [-0.2, 0) is 0 Å². The molecular weight excluding hydrogens is 118 g/mol.